The molecule has 0 aliphatic heterocycles. The second kappa shape index (κ2) is 7.79. The fourth-order valence-corrected chi connectivity index (χ4v) is 1.35. The van der Waals surface area contributed by atoms with Crippen LogP contribution < -0.4 is 5.32 Å². The molecule has 0 unspecified atom stereocenters. The molecular weight excluding hydrogens is 216 g/mol. The normalized spacial score (nSPS) is 12.1. The van der Waals surface area contributed by atoms with Crippen molar-refractivity contribution in [3.63, 3.8) is 0 Å². The van der Waals surface area contributed by atoms with Gasteiger partial charge in [0.05, 0.1) is 18.8 Å². The molecule has 0 saturated carbocycles. The van der Waals surface area contributed by atoms with E-state index in [0.717, 1.165) is 18.5 Å². The lowest BCUT2D eigenvalue weighted by Crippen LogP contribution is -2.28. The maximum absolute atomic E-state index is 11.3. The average Bonchev–Trinajstić information content (AvgIpc) is 2.37. The second-order valence-corrected chi connectivity index (χ2v) is 3.93. The lowest BCUT2D eigenvalue weighted by molar-refractivity contribution is -0.142. The third kappa shape index (κ3) is 5.45. The molecule has 0 radical (unpaired) electrons. The van der Waals surface area contributed by atoms with Crippen LogP contribution in [-0.2, 0) is 9.53 Å². The van der Waals surface area contributed by atoms with Crippen molar-refractivity contribution in [2.24, 2.45) is 0 Å². The van der Waals surface area contributed by atoms with E-state index in [4.69, 9.17) is 4.74 Å². The van der Waals surface area contributed by atoms with Gasteiger partial charge in [0.25, 0.3) is 0 Å². The topological polar surface area (TPSA) is 51.2 Å². The minimum absolute atomic E-state index is 0.0509. The van der Waals surface area contributed by atoms with Crippen molar-refractivity contribution in [1.29, 1.82) is 0 Å². The van der Waals surface area contributed by atoms with Crippen LogP contribution in [0.1, 0.15) is 38.4 Å². The Balaban J connectivity index is 2.24. The summed E-state index contributed by atoms with van der Waals surface area (Å²) in [5, 5.41) is 3.09. The molecule has 1 N–H and O–H groups in total. The quantitative estimate of drug-likeness (QED) is 0.581. The van der Waals surface area contributed by atoms with Crippen LogP contribution in [0.15, 0.2) is 24.4 Å². The van der Waals surface area contributed by atoms with Gasteiger partial charge in [0.2, 0.25) is 0 Å². The molecule has 0 aromatic carbocycles. The summed E-state index contributed by atoms with van der Waals surface area (Å²) in [6, 6.07) is 5.78. The van der Waals surface area contributed by atoms with Crippen molar-refractivity contribution in [2.75, 3.05) is 13.2 Å². The highest BCUT2D eigenvalue weighted by Crippen LogP contribution is 2.06. The van der Waals surface area contributed by atoms with Crippen LogP contribution in [0.3, 0.4) is 0 Å². The van der Waals surface area contributed by atoms with E-state index in [-0.39, 0.29) is 18.6 Å². The van der Waals surface area contributed by atoms with Gasteiger partial charge in [0.1, 0.15) is 0 Å². The molecule has 1 aromatic heterocycles. The minimum Gasteiger partial charge on any atom is -0.465 e. The number of hydrogen-bond donors (Lipinski definition) is 1. The van der Waals surface area contributed by atoms with E-state index in [9.17, 15) is 4.79 Å². The Hall–Kier alpha value is -1.42. The van der Waals surface area contributed by atoms with Crippen LogP contribution >= 0.6 is 0 Å². The first-order chi connectivity index (χ1) is 8.24. The Morgan fingerprint density at radius 3 is 3.00 bits per heavy atom. The Morgan fingerprint density at radius 2 is 2.35 bits per heavy atom. The number of carbonyl (C=O) groups excluding carboxylic acids is 1. The van der Waals surface area contributed by atoms with E-state index in [1.54, 1.807) is 6.20 Å². The second-order valence-electron chi connectivity index (χ2n) is 3.93. The molecule has 0 saturated heterocycles. The standard InChI is InChI=1S/C13H20N2O2/c1-3-4-9-17-13(16)10-15-11(2)12-7-5-6-8-14-12/h5-8,11,15H,3-4,9-10H2,1-2H3/t11-/m0/s1. The lowest BCUT2D eigenvalue weighted by atomic mass is 10.2. The van der Waals surface area contributed by atoms with Crippen LogP contribution in [0.4, 0.5) is 0 Å². The zero-order valence-electron chi connectivity index (χ0n) is 10.5. The van der Waals surface area contributed by atoms with E-state index in [0.29, 0.717) is 6.61 Å². The van der Waals surface area contributed by atoms with Gasteiger partial charge in [-0.1, -0.05) is 19.4 Å². The van der Waals surface area contributed by atoms with Crippen LogP contribution in [0.5, 0.6) is 0 Å². The molecule has 17 heavy (non-hydrogen) atoms. The zero-order valence-corrected chi connectivity index (χ0v) is 10.5. The Morgan fingerprint density at radius 1 is 1.53 bits per heavy atom. The van der Waals surface area contributed by atoms with Crippen LogP contribution in [0.25, 0.3) is 0 Å². The first kappa shape index (κ1) is 13.6. The molecule has 4 nitrogen and oxygen atoms in total. The van der Waals surface area contributed by atoms with Crippen LogP contribution in [0.2, 0.25) is 0 Å². The predicted octanol–water partition coefficient (Wildman–Crippen LogP) is 2.08. The maximum atomic E-state index is 11.3. The van der Waals surface area contributed by atoms with Crippen molar-refractivity contribution < 1.29 is 9.53 Å². The van der Waals surface area contributed by atoms with Gasteiger partial charge >= 0.3 is 5.97 Å². The maximum Gasteiger partial charge on any atom is 0.319 e. The van der Waals surface area contributed by atoms with Gasteiger partial charge in [-0.05, 0) is 25.5 Å². The number of nitrogens with zero attached hydrogens (tertiary/aromatic N) is 1. The summed E-state index contributed by atoms with van der Waals surface area (Å²) in [6.45, 7) is 4.77. The third-order valence-corrected chi connectivity index (χ3v) is 2.44. The number of ether oxygens (including phenoxy) is 1. The fraction of sp³-hybridized carbons (Fsp3) is 0.538. The predicted molar refractivity (Wildman–Crippen MR) is 66.5 cm³/mol. The average molecular weight is 236 g/mol. The number of pyridine rings is 1. The van der Waals surface area contributed by atoms with E-state index < -0.39 is 0 Å². The van der Waals surface area contributed by atoms with Gasteiger partial charge in [-0.3, -0.25) is 15.1 Å². The van der Waals surface area contributed by atoms with Gasteiger partial charge < -0.3 is 4.74 Å². The molecule has 94 valence electrons. The van der Waals surface area contributed by atoms with Crippen molar-refractivity contribution in [3.8, 4) is 0 Å². The molecule has 1 atom stereocenters. The van der Waals surface area contributed by atoms with E-state index in [2.05, 4.69) is 17.2 Å². The molecule has 0 amide bonds. The fourth-order valence-electron chi connectivity index (χ4n) is 1.35. The van der Waals surface area contributed by atoms with Gasteiger partial charge in [-0.25, -0.2) is 0 Å². The summed E-state index contributed by atoms with van der Waals surface area (Å²) in [6.07, 6.45) is 3.69. The molecule has 4 heteroatoms. The highest BCUT2D eigenvalue weighted by molar-refractivity contribution is 5.71. The molecule has 0 aliphatic carbocycles. The summed E-state index contributed by atoms with van der Waals surface area (Å²) in [5.41, 5.74) is 0.925. The molecule has 0 spiro atoms. The molecular formula is C13H20N2O2. The monoisotopic (exact) mass is 236 g/mol. The van der Waals surface area contributed by atoms with Gasteiger partial charge in [0, 0.05) is 12.2 Å². The molecule has 0 fully saturated rings. The first-order valence-electron chi connectivity index (χ1n) is 6.04. The minimum atomic E-state index is -0.207. The summed E-state index contributed by atoms with van der Waals surface area (Å²) in [5.74, 6) is -0.207. The zero-order chi connectivity index (χ0) is 12.5. The first-order valence-corrected chi connectivity index (χ1v) is 6.04. The van der Waals surface area contributed by atoms with Crippen molar-refractivity contribution >= 4 is 5.97 Å². The highest BCUT2D eigenvalue weighted by atomic mass is 16.5. The number of hydrogen-bond acceptors (Lipinski definition) is 4. The van der Waals surface area contributed by atoms with E-state index in [1.165, 1.54) is 0 Å². The number of nitrogens with one attached hydrogen (secondary N) is 1. The Bertz CT molecular complexity index is 327. The largest absolute Gasteiger partial charge is 0.465 e. The van der Waals surface area contributed by atoms with Gasteiger partial charge in [-0.2, -0.15) is 0 Å². The highest BCUT2D eigenvalue weighted by Gasteiger charge is 2.08. The van der Waals surface area contributed by atoms with Crippen molar-refractivity contribution in [1.82, 2.24) is 10.3 Å². The summed E-state index contributed by atoms with van der Waals surface area (Å²) < 4.78 is 5.05. The summed E-state index contributed by atoms with van der Waals surface area (Å²) in [7, 11) is 0. The Kier molecular flexibility index (Phi) is 6.25. The number of aromatic nitrogens is 1. The lowest BCUT2D eigenvalue weighted by Gasteiger charge is -2.12. The smallest absolute Gasteiger partial charge is 0.319 e. The molecule has 0 aliphatic rings. The SMILES string of the molecule is CCCCOC(=O)CN[C@@H](C)c1ccccn1. The third-order valence-electron chi connectivity index (χ3n) is 2.44. The number of carbonyl (C=O) groups is 1. The number of rotatable bonds is 7. The molecule has 0 bridgehead atoms. The van der Waals surface area contributed by atoms with Gasteiger partial charge in [0.15, 0.2) is 0 Å². The molecule has 1 heterocycles. The van der Waals surface area contributed by atoms with Crippen molar-refractivity contribution in [3.05, 3.63) is 30.1 Å². The van der Waals surface area contributed by atoms with Crippen LogP contribution in [-0.4, -0.2) is 24.1 Å². The number of unbranched alkanes of at least 4 members (excludes halogenated alkanes) is 1. The van der Waals surface area contributed by atoms with E-state index >= 15 is 0 Å². The summed E-state index contributed by atoms with van der Waals surface area (Å²) >= 11 is 0. The molecule has 1 rings (SSSR count). The number of esters is 1. The Labute approximate surface area is 102 Å². The van der Waals surface area contributed by atoms with Crippen LogP contribution in [0, 0.1) is 0 Å². The van der Waals surface area contributed by atoms with Crippen molar-refractivity contribution in [2.45, 2.75) is 32.7 Å². The summed E-state index contributed by atoms with van der Waals surface area (Å²) in [4.78, 5) is 15.6. The molecule has 1 aromatic rings. The van der Waals surface area contributed by atoms with Gasteiger partial charge in [-0.15, -0.1) is 0 Å². The van der Waals surface area contributed by atoms with E-state index in [1.807, 2.05) is 25.1 Å².